The summed E-state index contributed by atoms with van der Waals surface area (Å²) in [4.78, 5) is 0. The molecular formula is C12H18ClNOS. The molecule has 0 unspecified atom stereocenters. The van der Waals surface area contributed by atoms with Crippen molar-refractivity contribution >= 4 is 24.2 Å². The van der Waals surface area contributed by atoms with Crippen LogP contribution in [0.5, 0.6) is 5.75 Å². The van der Waals surface area contributed by atoms with E-state index >= 15 is 0 Å². The molecule has 0 atom stereocenters. The van der Waals surface area contributed by atoms with E-state index in [4.69, 9.17) is 16.3 Å². The van der Waals surface area contributed by atoms with Gasteiger partial charge in [0.05, 0.1) is 7.11 Å². The first-order chi connectivity index (χ1) is 7.54. The predicted octanol–water partition coefficient (Wildman–Crippen LogP) is 3.25. The van der Waals surface area contributed by atoms with Crippen molar-refractivity contribution in [3.63, 3.8) is 0 Å². The largest absolute Gasteiger partial charge is 0.496 e. The fraction of sp³-hybridized carbons (Fsp3) is 0.500. The summed E-state index contributed by atoms with van der Waals surface area (Å²) in [7, 11) is 1.69. The average molecular weight is 260 g/mol. The molecule has 4 heteroatoms. The molecule has 0 aliphatic heterocycles. The number of ether oxygens (including phenoxy) is 1. The Morgan fingerprint density at radius 3 is 2.31 bits per heavy atom. The number of nitrogens with one attached hydrogen (secondary N) is 1. The molecule has 0 radical (unpaired) electrons. The number of hydrogen-bond donors (Lipinski definition) is 2. The van der Waals surface area contributed by atoms with Gasteiger partial charge in [-0.05, 0) is 37.5 Å². The summed E-state index contributed by atoms with van der Waals surface area (Å²) >= 11 is 10.4. The first kappa shape index (κ1) is 13.7. The summed E-state index contributed by atoms with van der Waals surface area (Å²) in [5.74, 6) is 1.56. The zero-order chi connectivity index (χ0) is 12.3. The van der Waals surface area contributed by atoms with Gasteiger partial charge in [-0.25, -0.2) is 0 Å². The summed E-state index contributed by atoms with van der Waals surface area (Å²) < 4.78 is 5.47. The maximum Gasteiger partial charge on any atom is 0.126 e. The van der Waals surface area contributed by atoms with Crippen molar-refractivity contribution in [1.29, 1.82) is 0 Å². The van der Waals surface area contributed by atoms with Gasteiger partial charge in [0, 0.05) is 23.0 Å². The van der Waals surface area contributed by atoms with E-state index < -0.39 is 0 Å². The smallest absolute Gasteiger partial charge is 0.126 e. The Morgan fingerprint density at radius 1 is 1.19 bits per heavy atom. The van der Waals surface area contributed by atoms with Crippen LogP contribution in [0.25, 0.3) is 0 Å². The molecule has 1 aromatic carbocycles. The van der Waals surface area contributed by atoms with Crippen LogP contribution < -0.4 is 10.1 Å². The van der Waals surface area contributed by atoms with Crippen LogP contribution in [0.3, 0.4) is 0 Å². The Bertz CT molecular complexity index is 393. The normalized spacial score (nSPS) is 10.6. The van der Waals surface area contributed by atoms with Crippen molar-refractivity contribution in [3.05, 3.63) is 27.3 Å². The topological polar surface area (TPSA) is 21.3 Å². The van der Waals surface area contributed by atoms with Gasteiger partial charge in [0.25, 0.3) is 0 Å². The van der Waals surface area contributed by atoms with E-state index in [1.165, 1.54) is 0 Å². The van der Waals surface area contributed by atoms with Gasteiger partial charge in [0.1, 0.15) is 5.75 Å². The van der Waals surface area contributed by atoms with Gasteiger partial charge in [-0.1, -0.05) is 11.6 Å². The summed E-state index contributed by atoms with van der Waals surface area (Å²) in [6, 6.07) is 0. The van der Waals surface area contributed by atoms with Crippen LogP contribution in [0, 0.1) is 20.8 Å². The van der Waals surface area contributed by atoms with Crippen LogP contribution in [-0.4, -0.2) is 13.0 Å². The van der Waals surface area contributed by atoms with E-state index in [0.717, 1.165) is 39.6 Å². The molecular weight excluding hydrogens is 242 g/mol. The lowest BCUT2D eigenvalue weighted by atomic mass is 9.98. The number of thiol groups is 1. The van der Waals surface area contributed by atoms with Gasteiger partial charge in [0.15, 0.2) is 0 Å². The van der Waals surface area contributed by atoms with E-state index in [1.54, 1.807) is 7.11 Å². The predicted molar refractivity (Wildman–Crippen MR) is 72.9 cm³/mol. The summed E-state index contributed by atoms with van der Waals surface area (Å²) in [6.07, 6.45) is 0. The fourth-order valence-electron chi connectivity index (χ4n) is 1.82. The number of halogens is 1. The number of benzene rings is 1. The quantitative estimate of drug-likeness (QED) is 0.640. The molecule has 0 amide bonds. The summed E-state index contributed by atoms with van der Waals surface area (Å²) in [6.45, 7) is 6.79. The molecule has 0 aliphatic rings. The van der Waals surface area contributed by atoms with E-state index in [9.17, 15) is 0 Å². The molecule has 0 bridgehead atoms. The summed E-state index contributed by atoms with van der Waals surface area (Å²) in [5.41, 5.74) is 4.39. The van der Waals surface area contributed by atoms with E-state index in [2.05, 4.69) is 17.9 Å². The van der Waals surface area contributed by atoms with Gasteiger partial charge < -0.3 is 10.1 Å². The highest BCUT2D eigenvalue weighted by atomic mass is 35.5. The molecule has 0 fully saturated rings. The first-order valence-electron chi connectivity index (χ1n) is 5.18. The van der Waals surface area contributed by atoms with Crippen LogP contribution >= 0.6 is 24.2 Å². The maximum absolute atomic E-state index is 6.29. The van der Waals surface area contributed by atoms with Gasteiger partial charge in [-0.15, -0.1) is 0 Å². The number of hydrogen-bond acceptors (Lipinski definition) is 3. The van der Waals surface area contributed by atoms with Crippen molar-refractivity contribution in [2.75, 3.05) is 13.0 Å². The number of methoxy groups -OCH3 is 1. The van der Waals surface area contributed by atoms with Gasteiger partial charge in [-0.2, -0.15) is 12.6 Å². The van der Waals surface area contributed by atoms with E-state index in [-0.39, 0.29) is 0 Å². The highest BCUT2D eigenvalue weighted by Gasteiger charge is 2.16. The van der Waals surface area contributed by atoms with E-state index in [0.29, 0.717) is 5.88 Å². The van der Waals surface area contributed by atoms with Crippen molar-refractivity contribution < 1.29 is 4.74 Å². The molecule has 0 saturated carbocycles. The van der Waals surface area contributed by atoms with E-state index in [1.807, 2.05) is 20.8 Å². The minimum Gasteiger partial charge on any atom is -0.496 e. The second-order valence-corrected chi connectivity index (χ2v) is 4.48. The minimum atomic E-state index is 0.632. The SMILES string of the molecule is COc1c(C)c(C)c(Cl)c(C)c1CNCS. The Hall–Kier alpha value is -0.380. The Morgan fingerprint density at radius 2 is 1.81 bits per heavy atom. The molecule has 1 rings (SSSR count). The lowest BCUT2D eigenvalue weighted by Gasteiger charge is -2.18. The lowest BCUT2D eigenvalue weighted by molar-refractivity contribution is 0.404. The monoisotopic (exact) mass is 259 g/mol. The second-order valence-electron chi connectivity index (χ2n) is 3.79. The zero-order valence-electron chi connectivity index (χ0n) is 10.1. The first-order valence-corrected chi connectivity index (χ1v) is 6.19. The number of rotatable bonds is 4. The van der Waals surface area contributed by atoms with Crippen LogP contribution in [0.2, 0.25) is 5.02 Å². The third kappa shape index (κ3) is 2.47. The van der Waals surface area contributed by atoms with Crippen molar-refractivity contribution in [3.8, 4) is 5.75 Å². The van der Waals surface area contributed by atoms with Crippen molar-refractivity contribution in [1.82, 2.24) is 5.32 Å². The summed E-state index contributed by atoms with van der Waals surface area (Å²) in [5, 5.41) is 4.01. The van der Waals surface area contributed by atoms with Gasteiger partial charge in [-0.3, -0.25) is 0 Å². The fourth-order valence-corrected chi connectivity index (χ4v) is 2.18. The van der Waals surface area contributed by atoms with Crippen LogP contribution in [0.1, 0.15) is 22.3 Å². The average Bonchev–Trinajstić information content (AvgIpc) is 2.29. The van der Waals surface area contributed by atoms with Crippen LogP contribution in [0.4, 0.5) is 0 Å². The van der Waals surface area contributed by atoms with Crippen molar-refractivity contribution in [2.45, 2.75) is 27.3 Å². The Balaban J connectivity index is 3.33. The third-order valence-electron chi connectivity index (χ3n) is 2.91. The molecule has 1 aromatic rings. The highest BCUT2D eigenvalue weighted by Crippen LogP contribution is 2.35. The standard InChI is InChI=1S/C12H18ClNOS/c1-7-8(2)12(15-4)10(5-14-6-16)9(3)11(7)13/h14,16H,5-6H2,1-4H3. The molecule has 0 aliphatic carbocycles. The zero-order valence-corrected chi connectivity index (χ0v) is 11.8. The molecule has 0 spiro atoms. The molecule has 0 aromatic heterocycles. The van der Waals surface area contributed by atoms with Crippen molar-refractivity contribution in [2.24, 2.45) is 0 Å². The molecule has 2 nitrogen and oxygen atoms in total. The van der Waals surface area contributed by atoms with Gasteiger partial charge >= 0.3 is 0 Å². The van der Waals surface area contributed by atoms with Crippen LogP contribution in [-0.2, 0) is 6.54 Å². The lowest BCUT2D eigenvalue weighted by Crippen LogP contribution is -2.13. The van der Waals surface area contributed by atoms with Gasteiger partial charge in [0.2, 0.25) is 0 Å². The Labute approximate surface area is 108 Å². The maximum atomic E-state index is 6.29. The molecule has 90 valence electrons. The molecule has 0 heterocycles. The minimum absolute atomic E-state index is 0.632. The molecule has 1 N–H and O–H groups in total. The third-order valence-corrected chi connectivity index (χ3v) is 3.70. The molecule has 16 heavy (non-hydrogen) atoms. The second kappa shape index (κ2) is 5.80. The van der Waals surface area contributed by atoms with Crippen LogP contribution in [0.15, 0.2) is 0 Å². The molecule has 0 saturated heterocycles. The Kier molecular flexibility index (Phi) is 4.96. The highest BCUT2D eigenvalue weighted by molar-refractivity contribution is 7.80.